The van der Waals surface area contributed by atoms with Crippen LogP contribution in [0.5, 0.6) is 0 Å². The fraction of sp³-hybridized carbons (Fsp3) is 0.444. The molecule has 3 N–H and O–H groups in total. The van der Waals surface area contributed by atoms with Crippen LogP contribution in [0.2, 0.25) is 0 Å². The summed E-state index contributed by atoms with van der Waals surface area (Å²) in [5, 5.41) is 20.2. The maximum absolute atomic E-state index is 12.4. The van der Waals surface area contributed by atoms with Gasteiger partial charge in [0.15, 0.2) is 0 Å². The second-order valence-electron chi connectivity index (χ2n) is 6.22. The van der Waals surface area contributed by atoms with Crippen molar-refractivity contribution in [3.63, 3.8) is 0 Å². The van der Waals surface area contributed by atoms with E-state index >= 15 is 0 Å². The molecule has 146 valence electrons. The summed E-state index contributed by atoms with van der Waals surface area (Å²) in [6, 6.07) is 6.94. The van der Waals surface area contributed by atoms with Crippen molar-refractivity contribution in [1.82, 2.24) is 10.2 Å². The summed E-state index contributed by atoms with van der Waals surface area (Å²) in [5.41, 5.74) is 0.811. The molecule has 1 aliphatic heterocycles. The lowest BCUT2D eigenvalue weighted by Gasteiger charge is -2.24. The molecule has 0 aromatic heterocycles. The highest BCUT2D eigenvalue weighted by molar-refractivity contribution is 5.89. The predicted molar refractivity (Wildman–Crippen MR) is 92.8 cm³/mol. The Morgan fingerprint density at radius 1 is 1.19 bits per heavy atom. The van der Waals surface area contributed by atoms with Gasteiger partial charge in [-0.15, -0.1) is 0 Å². The molecule has 1 aromatic carbocycles. The third-order valence-electron chi connectivity index (χ3n) is 4.26. The van der Waals surface area contributed by atoms with E-state index in [2.05, 4.69) is 5.32 Å². The molecule has 1 aromatic rings. The molecule has 0 spiro atoms. The highest BCUT2D eigenvalue weighted by Crippen LogP contribution is 2.19. The zero-order valence-corrected chi connectivity index (χ0v) is 14.7. The molecule has 9 heteroatoms. The summed E-state index contributed by atoms with van der Waals surface area (Å²) in [7, 11) is 0. The van der Waals surface area contributed by atoms with E-state index in [0.29, 0.717) is 19.4 Å². The van der Waals surface area contributed by atoms with E-state index in [1.54, 1.807) is 12.1 Å². The Labute approximate surface area is 155 Å². The average Bonchev–Trinajstić information content (AvgIpc) is 3.13. The van der Waals surface area contributed by atoms with Crippen LogP contribution in [-0.2, 0) is 25.7 Å². The second-order valence-corrected chi connectivity index (χ2v) is 6.22. The van der Waals surface area contributed by atoms with Crippen LogP contribution in [0.1, 0.15) is 31.2 Å². The normalized spacial score (nSPS) is 17.2. The molecule has 2 atom stereocenters. The van der Waals surface area contributed by atoms with Gasteiger partial charge in [0.2, 0.25) is 5.91 Å². The number of carboxylic acid groups (broad SMARTS) is 2. The second kappa shape index (κ2) is 9.56. The van der Waals surface area contributed by atoms with Gasteiger partial charge >= 0.3 is 18.0 Å². The van der Waals surface area contributed by atoms with E-state index in [0.717, 1.165) is 5.56 Å². The maximum Gasteiger partial charge on any atom is 0.410 e. The molecule has 1 aliphatic rings. The Balaban J connectivity index is 1.92. The predicted octanol–water partition coefficient (Wildman–Crippen LogP) is 1.22. The molecule has 2 amide bonds. The van der Waals surface area contributed by atoms with Crippen LogP contribution in [0.25, 0.3) is 0 Å². The molecule has 2 rings (SSSR count). The van der Waals surface area contributed by atoms with E-state index in [1.807, 2.05) is 18.2 Å². The fourth-order valence-electron chi connectivity index (χ4n) is 2.85. The fourth-order valence-corrected chi connectivity index (χ4v) is 2.85. The SMILES string of the molecule is O=C(O)CC[C@@H](NC(=O)[C@@H]1CCCN1C(=O)OCc1ccccc1)C(=O)O. The van der Waals surface area contributed by atoms with Crippen molar-refractivity contribution in [2.45, 2.75) is 44.4 Å². The van der Waals surface area contributed by atoms with Crippen molar-refractivity contribution in [3.8, 4) is 0 Å². The van der Waals surface area contributed by atoms with Crippen molar-refractivity contribution < 1.29 is 34.1 Å². The zero-order chi connectivity index (χ0) is 19.8. The van der Waals surface area contributed by atoms with Crippen LogP contribution < -0.4 is 5.32 Å². The van der Waals surface area contributed by atoms with Crippen LogP contribution in [0.3, 0.4) is 0 Å². The van der Waals surface area contributed by atoms with Gasteiger partial charge in [0.1, 0.15) is 18.7 Å². The van der Waals surface area contributed by atoms with Crippen molar-refractivity contribution in [2.24, 2.45) is 0 Å². The lowest BCUT2D eigenvalue weighted by atomic mass is 10.1. The Morgan fingerprint density at radius 3 is 2.52 bits per heavy atom. The van der Waals surface area contributed by atoms with E-state index in [-0.39, 0.29) is 19.4 Å². The van der Waals surface area contributed by atoms with Crippen molar-refractivity contribution >= 4 is 23.9 Å². The van der Waals surface area contributed by atoms with E-state index in [9.17, 15) is 19.2 Å². The largest absolute Gasteiger partial charge is 0.481 e. The first-order valence-corrected chi connectivity index (χ1v) is 8.60. The van der Waals surface area contributed by atoms with Gasteiger partial charge in [-0.1, -0.05) is 30.3 Å². The zero-order valence-electron chi connectivity index (χ0n) is 14.7. The number of amides is 2. The Bertz CT molecular complexity index is 692. The number of carboxylic acids is 2. The van der Waals surface area contributed by atoms with Gasteiger partial charge in [0.05, 0.1) is 0 Å². The number of aliphatic carboxylic acids is 2. The molecule has 0 aliphatic carbocycles. The molecular formula is C18H22N2O7. The highest BCUT2D eigenvalue weighted by atomic mass is 16.6. The summed E-state index contributed by atoms with van der Waals surface area (Å²) in [6.07, 6.45) is -0.288. The summed E-state index contributed by atoms with van der Waals surface area (Å²) >= 11 is 0. The number of rotatable bonds is 8. The van der Waals surface area contributed by atoms with Gasteiger partial charge in [-0.2, -0.15) is 0 Å². The highest BCUT2D eigenvalue weighted by Gasteiger charge is 2.36. The number of hydrogen-bond donors (Lipinski definition) is 3. The number of nitrogens with zero attached hydrogens (tertiary/aromatic N) is 1. The molecule has 1 fully saturated rings. The summed E-state index contributed by atoms with van der Waals surface area (Å²) in [6.45, 7) is 0.402. The van der Waals surface area contributed by atoms with Gasteiger partial charge < -0.3 is 20.3 Å². The molecule has 0 unspecified atom stereocenters. The van der Waals surface area contributed by atoms with Crippen molar-refractivity contribution in [2.75, 3.05) is 6.54 Å². The number of ether oxygens (including phenoxy) is 1. The quantitative estimate of drug-likeness (QED) is 0.619. The minimum atomic E-state index is -1.32. The number of benzene rings is 1. The molecule has 0 radical (unpaired) electrons. The minimum Gasteiger partial charge on any atom is -0.481 e. The van der Waals surface area contributed by atoms with E-state index < -0.39 is 36.0 Å². The van der Waals surface area contributed by atoms with Gasteiger partial charge in [0, 0.05) is 13.0 Å². The van der Waals surface area contributed by atoms with Gasteiger partial charge in [0.25, 0.3) is 0 Å². The molecule has 1 heterocycles. The summed E-state index contributed by atoms with van der Waals surface area (Å²) in [5.74, 6) is -3.09. The van der Waals surface area contributed by atoms with Crippen LogP contribution in [0.15, 0.2) is 30.3 Å². The first-order valence-electron chi connectivity index (χ1n) is 8.60. The summed E-state index contributed by atoms with van der Waals surface area (Å²) < 4.78 is 5.24. The van der Waals surface area contributed by atoms with Gasteiger partial charge in [-0.25, -0.2) is 9.59 Å². The standard InChI is InChI=1S/C18H22N2O7/c21-15(22)9-8-13(17(24)25)19-16(23)14-7-4-10-20(14)18(26)27-11-12-5-2-1-3-6-12/h1-3,5-6,13-14H,4,7-11H2,(H,19,23)(H,21,22)(H,24,25)/t13-,14+/m1/s1. The van der Waals surface area contributed by atoms with Crippen LogP contribution >= 0.6 is 0 Å². The third kappa shape index (κ3) is 5.98. The maximum atomic E-state index is 12.4. The monoisotopic (exact) mass is 378 g/mol. The number of likely N-dealkylation sites (tertiary alicyclic amines) is 1. The molecule has 27 heavy (non-hydrogen) atoms. The topological polar surface area (TPSA) is 133 Å². The molecule has 0 bridgehead atoms. The first-order chi connectivity index (χ1) is 12.9. The number of carbonyl (C=O) groups is 4. The van der Waals surface area contributed by atoms with E-state index in [1.165, 1.54) is 4.90 Å². The summed E-state index contributed by atoms with van der Waals surface area (Å²) in [4.78, 5) is 47.8. The van der Waals surface area contributed by atoms with Crippen molar-refractivity contribution in [1.29, 1.82) is 0 Å². The van der Waals surface area contributed by atoms with Gasteiger partial charge in [-0.3, -0.25) is 14.5 Å². The molecule has 9 nitrogen and oxygen atoms in total. The third-order valence-corrected chi connectivity index (χ3v) is 4.26. The lowest BCUT2D eigenvalue weighted by molar-refractivity contribution is -0.143. The number of hydrogen-bond acceptors (Lipinski definition) is 5. The van der Waals surface area contributed by atoms with Crippen molar-refractivity contribution in [3.05, 3.63) is 35.9 Å². The Hall–Kier alpha value is -3.10. The lowest BCUT2D eigenvalue weighted by Crippen LogP contribution is -2.51. The van der Waals surface area contributed by atoms with E-state index in [4.69, 9.17) is 14.9 Å². The first kappa shape index (κ1) is 20.2. The van der Waals surface area contributed by atoms with Crippen LogP contribution in [0.4, 0.5) is 4.79 Å². The Morgan fingerprint density at radius 2 is 1.89 bits per heavy atom. The minimum absolute atomic E-state index is 0.0703. The van der Waals surface area contributed by atoms with Crippen LogP contribution in [0, 0.1) is 0 Å². The number of carbonyl (C=O) groups excluding carboxylic acids is 2. The molecule has 0 saturated carbocycles. The number of nitrogens with one attached hydrogen (secondary N) is 1. The average molecular weight is 378 g/mol. The smallest absolute Gasteiger partial charge is 0.410 e. The molecular weight excluding hydrogens is 356 g/mol. The van der Waals surface area contributed by atoms with Gasteiger partial charge in [-0.05, 0) is 24.8 Å². The molecule has 1 saturated heterocycles. The Kier molecular flexibility index (Phi) is 7.16. The van der Waals surface area contributed by atoms with Crippen LogP contribution in [-0.4, -0.2) is 57.7 Å².